The Morgan fingerprint density at radius 1 is 1.05 bits per heavy atom. The summed E-state index contributed by atoms with van der Waals surface area (Å²) in [6.45, 7) is 1.95. The van der Waals surface area contributed by atoms with E-state index in [9.17, 15) is 23.5 Å². The van der Waals surface area contributed by atoms with Gasteiger partial charge in [0.2, 0.25) is 0 Å². The van der Waals surface area contributed by atoms with E-state index in [-0.39, 0.29) is 17.8 Å². The number of aromatic nitrogens is 2. The summed E-state index contributed by atoms with van der Waals surface area (Å²) in [5, 5.41) is 12.5. The van der Waals surface area contributed by atoms with Gasteiger partial charge in [0.25, 0.3) is 5.91 Å². The van der Waals surface area contributed by atoms with E-state index in [2.05, 4.69) is 10.3 Å². The first-order chi connectivity index (χ1) is 19.2. The molecule has 1 heterocycles. The van der Waals surface area contributed by atoms with Crippen molar-refractivity contribution >= 4 is 35.3 Å². The van der Waals surface area contributed by atoms with E-state index in [1.807, 2.05) is 23.1 Å². The maximum absolute atomic E-state index is 13.7. The minimum atomic E-state index is -1.46. The van der Waals surface area contributed by atoms with Gasteiger partial charge in [0.15, 0.2) is 0 Å². The number of aliphatic carboxylic acids is 1. The summed E-state index contributed by atoms with van der Waals surface area (Å²) in [6, 6.07) is 17.1. The maximum Gasteiger partial charge on any atom is 0.329 e. The van der Waals surface area contributed by atoms with Crippen LogP contribution in [0.2, 0.25) is 0 Å². The Balaban J connectivity index is 1.78. The molecule has 4 rings (SSSR count). The second-order valence-electron chi connectivity index (χ2n) is 9.56. The molecule has 0 aliphatic carbocycles. The summed E-state index contributed by atoms with van der Waals surface area (Å²) in [6.07, 6.45) is 9.23. The normalized spacial score (nSPS) is 13.1. The van der Waals surface area contributed by atoms with Crippen molar-refractivity contribution in [3.63, 3.8) is 0 Å². The first-order valence-electron chi connectivity index (χ1n) is 12.6. The molecule has 0 fully saturated rings. The molecule has 2 N–H and O–H groups in total. The van der Waals surface area contributed by atoms with E-state index in [0.717, 1.165) is 16.7 Å². The molecule has 0 bridgehead atoms. The zero-order chi connectivity index (χ0) is 28.7. The molecular formula is C31H29F2N3O3S. The molecular weight excluding hydrogens is 532 g/mol. The Labute approximate surface area is 235 Å². The van der Waals surface area contributed by atoms with Crippen LogP contribution in [0.25, 0.3) is 22.8 Å². The maximum atomic E-state index is 13.7. The lowest BCUT2D eigenvalue weighted by Crippen LogP contribution is -2.52. The Bertz CT molecular complexity index is 1500. The molecule has 9 heteroatoms. The highest BCUT2D eigenvalue weighted by Crippen LogP contribution is 2.29. The zero-order valence-electron chi connectivity index (χ0n) is 22.1. The minimum Gasteiger partial charge on any atom is -0.480 e. The van der Waals surface area contributed by atoms with Gasteiger partial charge in [-0.3, -0.25) is 4.79 Å². The SMILES string of the molecule is CSCC[C@](C)(NC(=O)c1ccc(C=C(Cn2ccnc2)c2ccc(F)cc2)cc1-c1ccc(F)cc1)C(=O)O. The summed E-state index contributed by atoms with van der Waals surface area (Å²) in [5.74, 6) is -1.87. The Morgan fingerprint density at radius 2 is 1.73 bits per heavy atom. The van der Waals surface area contributed by atoms with Gasteiger partial charge < -0.3 is 15.0 Å². The van der Waals surface area contributed by atoms with E-state index in [4.69, 9.17) is 0 Å². The van der Waals surface area contributed by atoms with E-state index < -0.39 is 23.2 Å². The molecule has 1 amide bonds. The van der Waals surface area contributed by atoms with Crippen LogP contribution in [-0.2, 0) is 11.3 Å². The minimum absolute atomic E-state index is 0.247. The van der Waals surface area contributed by atoms with E-state index in [1.165, 1.54) is 43.0 Å². The fourth-order valence-electron chi connectivity index (χ4n) is 4.23. The third-order valence-corrected chi connectivity index (χ3v) is 7.19. The molecule has 1 atom stereocenters. The van der Waals surface area contributed by atoms with Gasteiger partial charge in [0.05, 0.1) is 6.33 Å². The van der Waals surface area contributed by atoms with Crippen LogP contribution in [0.5, 0.6) is 0 Å². The number of imidazole rings is 1. The van der Waals surface area contributed by atoms with Crippen molar-refractivity contribution in [1.82, 2.24) is 14.9 Å². The van der Waals surface area contributed by atoms with Gasteiger partial charge in [-0.1, -0.05) is 30.3 Å². The number of carboxylic acids is 1. The summed E-state index contributed by atoms with van der Waals surface area (Å²) in [5.41, 5.74) is 2.35. The van der Waals surface area contributed by atoms with Crippen molar-refractivity contribution in [3.8, 4) is 11.1 Å². The fourth-order valence-corrected chi connectivity index (χ4v) is 4.84. The van der Waals surface area contributed by atoms with Crippen molar-refractivity contribution in [1.29, 1.82) is 0 Å². The van der Waals surface area contributed by atoms with Gasteiger partial charge in [0.1, 0.15) is 17.2 Å². The molecule has 6 nitrogen and oxygen atoms in total. The van der Waals surface area contributed by atoms with Crippen LogP contribution in [-0.4, -0.2) is 44.1 Å². The number of carbonyl (C=O) groups excluding carboxylic acids is 1. The standard InChI is InChI=1S/C31H29F2N3O3S/c1-31(30(38)39,13-16-40-2)35-29(37)27-12-3-21(18-28(27)23-6-10-26(33)11-7-23)17-24(19-36-15-14-34-20-36)22-4-8-25(32)9-5-22/h3-12,14-15,17-18,20H,13,16,19H2,1-2H3,(H,35,37)(H,38,39)/t31-/m0/s1. The lowest BCUT2D eigenvalue weighted by molar-refractivity contribution is -0.143. The van der Waals surface area contributed by atoms with Crippen LogP contribution in [0.15, 0.2) is 85.5 Å². The molecule has 0 saturated heterocycles. The summed E-state index contributed by atoms with van der Waals surface area (Å²) in [7, 11) is 0. The van der Waals surface area contributed by atoms with Gasteiger partial charge in [-0.05, 0) is 95.7 Å². The van der Waals surface area contributed by atoms with E-state index in [1.54, 1.807) is 55.0 Å². The number of benzene rings is 3. The number of rotatable bonds is 11. The van der Waals surface area contributed by atoms with Crippen molar-refractivity contribution < 1.29 is 23.5 Å². The van der Waals surface area contributed by atoms with Gasteiger partial charge in [0, 0.05) is 24.5 Å². The Morgan fingerprint density at radius 3 is 2.33 bits per heavy atom. The van der Waals surface area contributed by atoms with Crippen molar-refractivity contribution in [3.05, 3.63) is 114 Å². The van der Waals surface area contributed by atoms with Gasteiger partial charge in [-0.2, -0.15) is 11.8 Å². The smallest absolute Gasteiger partial charge is 0.329 e. The first kappa shape index (κ1) is 28.8. The molecule has 1 aromatic heterocycles. The average Bonchev–Trinajstić information content (AvgIpc) is 3.45. The summed E-state index contributed by atoms with van der Waals surface area (Å²) in [4.78, 5) is 29.6. The molecule has 0 spiro atoms. The second-order valence-corrected chi connectivity index (χ2v) is 10.5. The van der Waals surface area contributed by atoms with Crippen LogP contribution in [0.4, 0.5) is 8.78 Å². The number of nitrogens with one attached hydrogen (secondary N) is 1. The van der Waals surface area contributed by atoms with Crippen LogP contribution in [0.1, 0.15) is 34.8 Å². The van der Waals surface area contributed by atoms with Crippen LogP contribution in [0.3, 0.4) is 0 Å². The van der Waals surface area contributed by atoms with Crippen LogP contribution < -0.4 is 5.32 Å². The number of halogens is 2. The largest absolute Gasteiger partial charge is 0.480 e. The monoisotopic (exact) mass is 561 g/mol. The topological polar surface area (TPSA) is 84.2 Å². The predicted molar refractivity (Wildman–Crippen MR) is 155 cm³/mol. The molecule has 0 unspecified atom stereocenters. The Kier molecular flexibility index (Phi) is 9.16. The van der Waals surface area contributed by atoms with Crippen molar-refractivity contribution in [2.75, 3.05) is 12.0 Å². The number of hydrogen-bond acceptors (Lipinski definition) is 4. The lowest BCUT2D eigenvalue weighted by atomic mass is 9.93. The lowest BCUT2D eigenvalue weighted by Gasteiger charge is -2.26. The highest BCUT2D eigenvalue weighted by Gasteiger charge is 2.35. The van der Waals surface area contributed by atoms with Crippen LogP contribution in [0, 0.1) is 11.6 Å². The second kappa shape index (κ2) is 12.7. The number of thioether (sulfide) groups is 1. The average molecular weight is 562 g/mol. The summed E-state index contributed by atoms with van der Waals surface area (Å²) >= 11 is 1.49. The molecule has 206 valence electrons. The molecule has 4 aromatic rings. The fraction of sp³-hybridized carbons (Fsp3) is 0.194. The van der Waals surface area contributed by atoms with Crippen LogP contribution >= 0.6 is 11.8 Å². The first-order valence-corrected chi connectivity index (χ1v) is 13.9. The van der Waals surface area contributed by atoms with E-state index >= 15 is 0 Å². The number of carboxylic acid groups (broad SMARTS) is 1. The number of carbonyl (C=O) groups is 2. The number of amides is 1. The third-order valence-electron chi connectivity index (χ3n) is 6.58. The predicted octanol–water partition coefficient (Wildman–Crippen LogP) is 6.40. The molecule has 0 aliphatic heterocycles. The number of allylic oxidation sites excluding steroid dienone is 1. The van der Waals surface area contributed by atoms with Crippen molar-refractivity contribution in [2.24, 2.45) is 0 Å². The van der Waals surface area contributed by atoms with Gasteiger partial charge >= 0.3 is 5.97 Å². The molecule has 0 saturated carbocycles. The molecule has 3 aromatic carbocycles. The van der Waals surface area contributed by atoms with Crippen molar-refractivity contribution in [2.45, 2.75) is 25.4 Å². The summed E-state index contributed by atoms with van der Waals surface area (Å²) < 4.78 is 29.3. The van der Waals surface area contributed by atoms with Gasteiger partial charge in [-0.15, -0.1) is 0 Å². The highest BCUT2D eigenvalue weighted by atomic mass is 32.2. The molecule has 0 aliphatic rings. The number of nitrogens with zero attached hydrogens (tertiary/aromatic N) is 2. The zero-order valence-corrected chi connectivity index (χ0v) is 22.9. The molecule has 40 heavy (non-hydrogen) atoms. The van der Waals surface area contributed by atoms with E-state index in [0.29, 0.717) is 23.4 Å². The third kappa shape index (κ3) is 7.04. The molecule has 0 radical (unpaired) electrons. The highest BCUT2D eigenvalue weighted by molar-refractivity contribution is 7.98. The Hall–Kier alpha value is -4.24. The quantitative estimate of drug-likeness (QED) is 0.207. The van der Waals surface area contributed by atoms with Gasteiger partial charge in [-0.25, -0.2) is 18.6 Å². The number of hydrogen-bond donors (Lipinski definition) is 2.